The Morgan fingerprint density at radius 2 is 2.50 bits per heavy atom. The molecule has 1 rings (SSSR count). The number of nitrogens with zero attached hydrogens (tertiary/aromatic N) is 1. The SMILES string of the molecule is C=CC[C@H]1CCCC/C1=N\NC(N)=O. The number of amides is 2. The van der Waals surface area contributed by atoms with Crippen LogP contribution in [-0.4, -0.2) is 11.7 Å². The minimum Gasteiger partial charge on any atom is -0.350 e. The second-order valence-electron chi connectivity index (χ2n) is 3.55. The molecule has 1 fully saturated rings. The van der Waals surface area contributed by atoms with E-state index < -0.39 is 6.03 Å². The Kier molecular flexibility index (Phi) is 4.16. The number of hydrogen-bond acceptors (Lipinski definition) is 2. The van der Waals surface area contributed by atoms with Gasteiger partial charge in [0.1, 0.15) is 0 Å². The van der Waals surface area contributed by atoms with Gasteiger partial charge in [-0.3, -0.25) is 0 Å². The van der Waals surface area contributed by atoms with Crippen LogP contribution in [0.2, 0.25) is 0 Å². The molecule has 2 amide bonds. The van der Waals surface area contributed by atoms with Crippen LogP contribution in [0, 0.1) is 5.92 Å². The highest BCUT2D eigenvalue weighted by Gasteiger charge is 2.19. The third-order valence-electron chi connectivity index (χ3n) is 2.47. The molecule has 1 saturated carbocycles. The van der Waals surface area contributed by atoms with Gasteiger partial charge >= 0.3 is 6.03 Å². The van der Waals surface area contributed by atoms with E-state index in [1.807, 2.05) is 6.08 Å². The van der Waals surface area contributed by atoms with E-state index in [4.69, 9.17) is 5.73 Å². The summed E-state index contributed by atoms with van der Waals surface area (Å²) in [5, 5.41) is 4.03. The molecule has 1 atom stereocenters. The lowest BCUT2D eigenvalue weighted by atomic mass is 9.85. The standard InChI is InChI=1S/C10H17N3O/c1-2-5-8-6-3-4-7-9(8)12-13-10(11)14/h2,8H,1,3-7H2,(H3,11,13,14)/b12-9+/t8-/m0/s1. The van der Waals surface area contributed by atoms with Gasteiger partial charge in [0, 0.05) is 11.6 Å². The zero-order chi connectivity index (χ0) is 10.4. The molecule has 3 N–H and O–H groups in total. The number of allylic oxidation sites excluding steroid dienone is 1. The maximum absolute atomic E-state index is 10.5. The van der Waals surface area contributed by atoms with Crippen molar-refractivity contribution in [1.29, 1.82) is 0 Å². The highest BCUT2D eigenvalue weighted by Crippen LogP contribution is 2.24. The smallest absolute Gasteiger partial charge is 0.332 e. The predicted octanol–water partition coefficient (Wildman–Crippen LogP) is 1.78. The molecule has 14 heavy (non-hydrogen) atoms. The largest absolute Gasteiger partial charge is 0.350 e. The van der Waals surface area contributed by atoms with Crippen LogP contribution in [-0.2, 0) is 0 Å². The molecule has 0 aromatic rings. The van der Waals surface area contributed by atoms with Crippen molar-refractivity contribution in [2.45, 2.75) is 32.1 Å². The van der Waals surface area contributed by atoms with E-state index in [1.165, 1.54) is 6.42 Å². The molecule has 0 aliphatic heterocycles. The van der Waals surface area contributed by atoms with Gasteiger partial charge in [0.25, 0.3) is 0 Å². The molecule has 0 saturated heterocycles. The molecule has 0 aromatic heterocycles. The number of rotatable bonds is 3. The van der Waals surface area contributed by atoms with Gasteiger partial charge in [-0.2, -0.15) is 5.10 Å². The Morgan fingerprint density at radius 1 is 1.71 bits per heavy atom. The molecular formula is C10H17N3O. The Hall–Kier alpha value is -1.32. The normalized spacial score (nSPS) is 24.6. The number of nitrogens with two attached hydrogens (primary N) is 1. The Labute approximate surface area is 84.2 Å². The third-order valence-corrected chi connectivity index (χ3v) is 2.47. The minimum absolute atomic E-state index is 0.438. The maximum atomic E-state index is 10.5. The molecule has 1 aliphatic carbocycles. The van der Waals surface area contributed by atoms with Crippen LogP contribution in [0.15, 0.2) is 17.8 Å². The molecule has 4 nitrogen and oxygen atoms in total. The summed E-state index contributed by atoms with van der Waals surface area (Å²) in [6.07, 6.45) is 7.29. The lowest BCUT2D eigenvalue weighted by Crippen LogP contribution is -2.28. The van der Waals surface area contributed by atoms with E-state index >= 15 is 0 Å². The number of urea groups is 1. The van der Waals surface area contributed by atoms with E-state index in [9.17, 15) is 4.79 Å². The van der Waals surface area contributed by atoms with Crippen molar-refractivity contribution in [1.82, 2.24) is 5.43 Å². The maximum Gasteiger partial charge on any atom is 0.332 e. The van der Waals surface area contributed by atoms with Gasteiger partial charge in [-0.1, -0.05) is 12.5 Å². The van der Waals surface area contributed by atoms with Crippen LogP contribution in [0.3, 0.4) is 0 Å². The summed E-state index contributed by atoms with van der Waals surface area (Å²) < 4.78 is 0. The lowest BCUT2D eigenvalue weighted by Gasteiger charge is -2.22. The van der Waals surface area contributed by atoms with Crippen LogP contribution >= 0.6 is 0 Å². The van der Waals surface area contributed by atoms with E-state index in [0.717, 1.165) is 31.4 Å². The fraction of sp³-hybridized carbons (Fsp3) is 0.600. The summed E-state index contributed by atoms with van der Waals surface area (Å²) in [6.45, 7) is 3.72. The molecule has 0 bridgehead atoms. The average molecular weight is 195 g/mol. The summed E-state index contributed by atoms with van der Waals surface area (Å²) >= 11 is 0. The Balaban J connectivity index is 2.56. The van der Waals surface area contributed by atoms with E-state index in [-0.39, 0.29) is 0 Å². The summed E-state index contributed by atoms with van der Waals surface area (Å²) in [6, 6.07) is -0.597. The fourth-order valence-corrected chi connectivity index (χ4v) is 1.80. The van der Waals surface area contributed by atoms with Crippen molar-refractivity contribution in [3.8, 4) is 0 Å². The Morgan fingerprint density at radius 3 is 3.14 bits per heavy atom. The first-order valence-electron chi connectivity index (χ1n) is 4.97. The van der Waals surface area contributed by atoms with E-state index in [2.05, 4.69) is 17.1 Å². The highest BCUT2D eigenvalue weighted by atomic mass is 16.2. The fourth-order valence-electron chi connectivity index (χ4n) is 1.80. The zero-order valence-corrected chi connectivity index (χ0v) is 8.33. The second-order valence-corrected chi connectivity index (χ2v) is 3.55. The first-order valence-corrected chi connectivity index (χ1v) is 4.97. The number of primary amides is 1. The van der Waals surface area contributed by atoms with Crippen molar-refractivity contribution in [2.24, 2.45) is 16.8 Å². The first kappa shape index (κ1) is 10.8. The monoisotopic (exact) mass is 195 g/mol. The Bertz CT molecular complexity index is 248. The highest BCUT2D eigenvalue weighted by molar-refractivity contribution is 5.88. The van der Waals surface area contributed by atoms with Crippen LogP contribution in [0.1, 0.15) is 32.1 Å². The second kappa shape index (κ2) is 5.42. The number of hydrogen-bond donors (Lipinski definition) is 2. The molecule has 0 unspecified atom stereocenters. The third kappa shape index (κ3) is 3.20. The van der Waals surface area contributed by atoms with Crippen LogP contribution in [0.25, 0.3) is 0 Å². The van der Waals surface area contributed by atoms with Crippen molar-refractivity contribution in [3.63, 3.8) is 0 Å². The number of nitrogens with one attached hydrogen (secondary N) is 1. The molecule has 0 radical (unpaired) electrons. The summed E-state index contributed by atoms with van der Waals surface area (Å²) in [7, 11) is 0. The van der Waals surface area contributed by atoms with Gasteiger partial charge in [0.2, 0.25) is 0 Å². The van der Waals surface area contributed by atoms with Crippen molar-refractivity contribution in [2.75, 3.05) is 0 Å². The van der Waals surface area contributed by atoms with Gasteiger partial charge < -0.3 is 5.73 Å². The summed E-state index contributed by atoms with van der Waals surface area (Å²) in [5.74, 6) is 0.438. The number of hydrazone groups is 1. The van der Waals surface area contributed by atoms with Crippen LogP contribution in [0.4, 0.5) is 4.79 Å². The molecule has 1 aliphatic rings. The van der Waals surface area contributed by atoms with Gasteiger partial charge in [-0.25, -0.2) is 10.2 Å². The van der Waals surface area contributed by atoms with Crippen molar-refractivity contribution >= 4 is 11.7 Å². The number of carbonyl (C=O) groups excluding carboxylic acids is 1. The molecule has 4 heteroatoms. The van der Waals surface area contributed by atoms with Gasteiger partial charge in [-0.15, -0.1) is 6.58 Å². The molecule has 0 spiro atoms. The van der Waals surface area contributed by atoms with Crippen LogP contribution in [0.5, 0.6) is 0 Å². The predicted molar refractivity (Wildman–Crippen MR) is 56.9 cm³/mol. The number of carbonyl (C=O) groups is 1. The van der Waals surface area contributed by atoms with E-state index in [1.54, 1.807) is 0 Å². The zero-order valence-electron chi connectivity index (χ0n) is 8.33. The van der Waals surface area contributed by atoms with Gasteiger partial charge in [0.15, 0.2) is 0 Å². The molecule has 0 aromatic carbocycles. The average Bonchev–Trinajstić information content (AvgIpc) is 2.17. The van der Waals surface area contributed by atoms with Crippen molar-refractivity contribution < 1.29 is 4.79 Å². The topological polar surface area (TPSA) is 67.5 Å². The molecule has 0 heterocycles. The quantitative estimate of drug-likeness (QED) is 0.523. The summed E-state index contributed by atoms with van der Waals surface area (Å²) in [5.41, 5.74) is 8.30. The van der Waals surface area contributed by atoms with Crippen molar-refractivity contribution in [3.05, 3.63) is 12.7 Å². The lowest BCUT2D eigenvalue weighted by molar-refractivity contribution is 0.249. The first-order chi connectivity index (χ1) is 6.74. The van der Waals surface area contributed by atoms with Crippen LogP contribution < -0.4 is 11.2 Å². The minimum atomic E-state index is -0.597. The van der Waals surface area contributed by atoms with E-state index in [0.29, 0.717) is 5.92 Å². The summed E-state index contributed by atoms with van der Waals surface area (Å²) in [4.78, 5) is 10.5. The van der Waals surface area contributed by atoms with Gasteiger partial charge in [-0.05, 0) is 25.7 Å². The van der Waals surface area contributed by atoms with Gasteiger partial charge in [0.05, 0.1) is 0 Å². The molecule has 78 valence electrons. The molecular weight excluding hydrogens is 178 g/mol.